The van der Waals surface area contributed by atoms with Crippen molar-refractivity contribution >= 4 is 11.5 Å². The van der Waals surface area contributed by atoms with E-state index in [4.69, 9.17) is 0 Å². The summed E-state index contributed by atoms with van der Waals surface area (Å²) in [6.45, 7) is 2.34. The van der Waals surface area contributed by atoms with E-state index in [2.05, 4.69) is 0 Å². The first-order valence-electron chi connectivity index (χ1n) is 9.01. The van der Waals surface area contributed by atoms with Crippen molar-refractivity contribution in [3.8, 4) is 0 Å². The van der Waals surface area contributed by atoms with Crippen molar-refractivity contribution in [2.45, 2.75) is 19.2 Å². The van der Waals surface area contributed by atoms with Gasteiger partial charge in [0, 0.05) is 17.7 Å². The maximum atomic E-state index is 13.3. The van der Waals surface area contributed by atoms with E-state index in [1.807, 2.05) is 91.9 Å². The number of hydrogen-bond donors (Lipinski definition) is 1. The van der Waals surface area contributed by atoms with Gasteiger partial charge < -0.3 is 5.11 Å². The van der Waals surface area contributed by atoms with Crippen molar-refractivity contribution in [3.63, 3.8) is 0 Å². The molecule has 4 rings (SSSR count). The third-order valence-corrected chi connectivity index (χ3v) is 4.98. The zero-order valence-corrected chi connectivity index (χ0v) is 15.2. The highest BCUT2D eigenvalue weighted by molar-refractivity contribution is 6.22. The first-order chi connectivity index (χ1) is 13.1. The van der Waals surface area contributed by atoms with Gasteiger partial charge in [-0.3, -0.25) is 9.69 Å². The standard InChI is InChI=1S/C24H21NO2/c1-18-12-14-20(15-13-18)22-16-24(27,21-10-6-3-7-11-21)25(23(22)26)17-19-8-4-2-5-9-19/h2-16,27H,17H2,1H3. The van der Waals surface area contributed by atoms with Gasteiger partial charge >= 0.3 is 0 Å². The average Bonchev–Trinajstić information content (AvgIpc) is 2.96. The van der Waals surface area contributed by atoms with Gasteiger partial charge in [0.15, 0.2) is 5.72 Å². The predicted octanol–water partition coefficient (Wildman–Crippen LogP) is 4.27. The van der Waals surface area contributed by atoms with Crippen LogP contribution in [0.5, 0.6) is 0 Å². The second kappa shape index (κ2) is 6.86. The Labute approximate surface area is 159 Å². The molecule has 0 bridgehead atoms. The third kappa shape index (κ3) is 3.18. The number of carbonyl (C=O) groups is 1. The van der Waals surface area contributed by atoms with Crippen LogP contribution in [0.15, 0.2) is 91.0 Å². The molecule has 3 nitrogen and oxygen atoms in total. The van der Waals surface area contributed by atoms with Gasteiger partial charge in [-0.1, -0.05) is 90.5 Å². The van der Waals surface area contributed by atoms with Gasteiger partial charge in [-0.15, -0.1) is 0 Å². The maximum absolute atomic E-state index is 13.3. The molecule has 3 aromatic rings. The fourth-order valence-electron chi connectivity index (χ4n) is 3.46. The van der Waals surface area contributed by atoms with E-state index < -0.39 is 5.72 Å². The van der Waals surface area contributed by atoms with E-state index in [0.717, 1.165) is 16.7 Å². The van der Waals surface area contributed by atoms with Gasteiger partial charge in [-0.05, 0) is 24.1 Å². The molecule has 1 aliphatic heterocycles. The summed E-state index contributed by atoms with van der Waals surface area (Å²) in [5, 5.41) is 11.6. The first-order valence-corrected chi connectivity index (χ1v) is 9.01. The van der Waals surface area contributed by atoms with Gasteiger partial charge in [0.1, 0.15) is 0 Å². The lowest BCUT2D eigenvalue weighted by Crippen LogP contribution is -2.43. The third-order valence-electron chi connectivity index (χ3n) is 4.98. The number of rotatable bonds is 4. The molecule has 0 saturated heterocycles. The molecule has 0 spiro atoms. The van der Waals surface area contributed by atoms with E-state index >= 15 is 0 Å². The van der Waals surface area contributed by atoms with Crippen molar-refractivity contribution in [1.29, 1.82) is 0 Å². The number of benzene rings is 3. The van der Waals surface area contributed by atoms with E-state index in [9.17, 15) is 9.90 Å². The van der Waals surface area contributed by atoms with Crippen LogP contribution in [0.2, 0.25) is 0 Å². The minimum absolute atomic E-state index is 0.172. The van der Waals surface area contributed by atoms with Crippen molar-refractivity contribution in [2.24, 2.45) is 0 Å². The van der Waals surface area contributed by atoms with Crippen LogP contribution in [0.25, 0.3) is 5.57 Å². The summed E-state index contributed by atoms with van der Waals surface area (Å²) >= 11 is 0. The molecule has 1 N–H and O–H groups in total. The van der Waals surface area contributed by atoms with E-state index in [1.54, 1.807) is 6.08 Å². The van der Waals surface area contributed by atoms with Gasteiger partial charge in [-0.25, -0.2) is 0 Å². The molecule has 1 unspecified atom stereocenters. The molecule has 1 amide bonds. The molecule has 0 aromatic heterocycles. The molecule has 0 aliphatic carbocycles. The molecular weight excluding hydrogens is 334 g/mol. The summed E-state index contributed by atoms with van der Waals surface area (Å²) in [6.07, 6.45) is 1.68. The quantitative estimate of drug-likeness (QED) is 0.759. The summed E-state index contributed by atoms with van der Waals surface area (Å²) in [7, 11) is 0. The van der Waals surface area contributed by atoms with Crippen molar-refractivity contribution in [3.05, 3.63) is 113 Å². The fraction of sp³-hybridized carbons (Fsp3) is 0.125. The summed E-state index contributed by atoms with van der Waals surface area (Å²) in [5.74, 6) is -0.172. The van der Waals surface area contributed by atoms with Gasteiger partial charge in [0.2, 0.25) is 0 Å². The normalized spacial score (nSPS) is 19.3. The Kier molecular flexibility index (Phi) is 4.38. The number of nitrogens with zero attached hydrogens (tertiary/aromatic N) is 1. The van der Waals surface area contributed by atoms with Crippen LogP contribution in [-0.4, -0.2) is 15.9 Å². The number of aliphatic hydroxyl groups is 1. The Bertz CT molecular complexity index is 978. The number of hydrogen-bond acceptors (Lipinski definition) is 2. The Hall–Kier alpha value is -3.17. The van der Waals surface area contributed by atoms with Crippen molar-refractivity contribution in [1.82, 2.24) is 4.90 Å². The molecule has 3 aromatic carbocycles. The lowest BCUT2D eigenvalue weighted by atomic mass is 9.99. The molecule has 0 saturated carbocycles. The number of amides is 1. The van der Waals surface area contributed by atoms with Crippen LogP contribution in [0.4, 0.5) is 0 Å². The zero-order chi connectivity index (χ0) is 18.9. The summed E-state index contributed by atoms with van der Waals surface area (Å²) < 4.78 is 0. The highest BCUT2D eigenvalue weighted by Gasteiger charge is 2.45. The van der Waals surface area contributed by atoms with Gasteiger partial charge in [-0.2, -0.15) is 0 Å². The molecule has 0 radical (unpaired) electrons. The van der Waals surface area contributed by atoms with Gasteiger partial charge in [0.05, 0.1) is 0 Å². The monoisotopic (exact) mass is 355 g/mol. The first kappa shape index (κ1) is 17.3. The second-order valence-electron chi connectivity index (χ2n) is 6.89. The molecular formula is C24H21NO2. The fourth-order valence-corrected chi connectivity index (χ4v) is 3.46. The lowest BCUT2D eigenvalue weighted by Gasteiger charge is -2.33. The van der Waals surface area contributed by atoms with E-state index in [1.165, 1.54) is 4.90 Å². The highest BCUT2D eigenvalue weighted by Crippen LogP contribution is 2.40. The summed E-state index contributed by atoms with van der Waals surface area (Å²) in [4.78, 5) is 14.8. The Morgan fingerprint density at radius 1 is 0.852 bits per heavy atom. The molecule has 1 heterocycles. The van der Waals surface area contributed by atoms with Crippen LogP contribution >= 0.6 is 0 Å². The minimum Gasteiger partial charge on any atom is -0.363 e. The Morgan fingerprint density at radius 2 is 1.44 bits per heavy atom. The molecule has 27 heavy (non-hydrogen) atoms. The highest BCUT2D eigenvalue weighted by atomic mass is 16.3. The predicted molar refractivity (Wildman–Crippen MR) is 106 cm³/mol. The van der Waals surface area contributed by atoms with Crippen LogP contribution in [0, 0.1) is 6.92 Å². The van der Waals surface area contributed by atoms with Crippen molar-refractivity contribution < 1.29 is 9.90 Å². The SMILES string of the molecule is Cc1ccc(C2=CC(O)(c3ccccc3)N(Cc3ccccc3)C2=O)cc1. The topological polar surface area (TPSA) is 40.5 Å². The average molecular weight is 355 g/mol. The van der Waals surface area contributed by atoms with Crippen molar-refractivity contribution in [2.75, 3.05) is 0 Å². The van der Waals surface area contributed by atoms with E-state index in [-0.39, 0.29) is 5.91 Å². The molecule has 1 atom stereocenters. The lowest BCUT2D eigenvalue weighted by molar-refractivity contribution is -0.143. The summed E-state index contributed by atoms with van der Waals surface area (Å²) in [6, 6.07) is 26.9. The minimum atomic E-state index is -1.48. The number of carbonyl (C=O) groups excluding carboxylic acids is 1. The molecule has 1 aliphatic rings. The Morgan fingerprint density at radius 3 is 2.07 bits per heavy atom. The maximum Gasteiger partial charge on any atom is 0.257 e. The molecule has 3 heteroatoms. The second-order valence-corrected chi connectivity index (χ2v) is 6.89. The van der Waals surface area contributed by atoms with Crippen LogP contribution in [0.1, 0.15) is 22.3 Å². The smallest absolute Gasteiger partial charge is 0.257 e. The van der Waals surface area contributed by atoms with Crippen LogP contribution in [-0.2, 0) is 17.1 Å². The number of aryl methyl sites for hydroxylation is 1. The molecule has 134 valence electrons. The molecule has 0 fully saturated rings. The van der Waals surface area contributed by atoms with Crippen LogP contribution < -0.4 is 0 Å². The zero-order valence-electron chi connectivity index (χ0n) is 15.2. The summed E-state index contributed by atoms with van der Waals surface area (Å²) in [5.41, 5.74) is 2.64. The van der Waals surface area contributed by atoms with Crippen LogP contribution in [0.3, 0.4) is 0 Å². The Balaban J connectivity index is 1.80. The largest absolute Gasteiger partial charge is 0.363 e. The van der Waals surface area contributed by atoms with Gasteiger partial charge in [0.25, 0.3) is 5.91 Å². The van der Waals surface area contributed by atoms with E-state index in [0.29, 0.717) is 17.7 Å².